The topological polar surface area (TPSA) is 35.5 Å². The van der Waals surface area contributed by atoms with E-state index >= 15 is 0 Å². The third-order valence-corrected chi connectivity index (χ3v) is 10.9. The van der Waals surface area contributed by atoms with Crippen LogP contribution in [0.25, 0.3) is 0 Å². The molecular formula is C31H50O3. The van der Waals surface area contributed by atoms with Crippen molar-refractivity contribution in [2.45, 2.75) is 111 Å². The number of methoxy groups -OCH3 is 1. The van der Waals surface area contributed by atoms with Crippen LogP contribution in [0, 0.1) is 46.3 Å². The van der Waals surface area contributed by atoms with Crippen molar-refractivity contribution in [1.29, 1.82) is 0 Å². The van der Waals surface area contributed by atoms with E-state index in [0.29, 0.717) is 10.8 Å². The third kappa shape index (κ3) is 4.87. The molecule has 0 saturated heterocycles. The molecule has 34 heavy (non-hydrogen) atoms. The molecule has 0 amide bonds. The fourth-order valence-corrected chi connectivity index (χ4v) is 9.04. The summed E-state index contributed by atoms with van der Waals surface area (Å²) >= 11 is 0. The number of esters is 1. The highest BCUT2D eigenvalue weighted by Crippen LogP contribution is 2.67. The first-order valence-electron chi connectivity index (χ1n) is 14.3. The normalized spacial score (nSPS) is 40.3. The first kappa shape index (κ1) is 25.8. The summed E-state index contributed by atoms with van der Waals surface area (Å²) < 4.78 is 10.6. The molecule has 3 nitrogen and oxygen atoms in total. The predicted octanol–water partition coefficient (Wildman–Crippen LogP) is 8.10. The zero-order valence-electron chi connectivity index (χ0n) is 22.8. The molecule has 0 aromatic rings. The van der Waals surface area contributed by atoms with Gasteiger partial charge in [-0.1, -0.05) is 65.5 Å². The van der Waals surface area contributed by atoms with E-state index < -0.39 is 0 Å². The second-order valence-electron chi connectivity index (χ2n) is 13.1. The van der Waals surface area contributed by atoms with Crippen molar-refractivity contribution in [3.8, 4) is 0 Å². The average Bonchev–Trinajstić information content (AvgIpc) is 3.16. The van der Waals surface area contributed by atoms with Crippen LogP contribution >= 0.6 is 0 Å². The lowest BCUT2D eigenvalue weighted by molar-refractivity contribution is -0.135. The van der Waals surface area contributed by atoms with E-state index in [2.05, 4.69) is 45.4 Å². The first-order valence-corrected chi connectivity index (χ1v) is 14.3. The summed E-state index contributed by atoms with van der Waals surface area (Å²) in [6.07, 6.45) is 20.3. The Bertz CT molecular complexity index is 782. The lowest BCUT2D eigenvalue weighted by atomic mass is 9.47. The van der Waals surface area contributed by atoms with Gasteiger partial charge < -0.3 is 9.47 Å². The molecule has 0 bridgehead atoms. The summed E-state index contributed by atoms with van der Waals surface area (Å²) in [5, 5.41) is 0. The zero-order valence-corrected chi connectivity index (χ0v) is 22.8. The molecule has 0 radical (unpaired) electrons. The van der Waals surface area contributed by atoms with Gasteiger partial charge in [-0.3, -0.25) is 0 Å². The standard InChI is InChI=1S/C31H50O3/c1-21(2)8-7-9-22(3)26-12-13-27-25-11-10-23-20-24(34-19-16-29(32)33-6)14-17-30(23,4)28(25)15-18-31(26,27)5/h10,16,19,21-22,24-28H,7-9,11-15,17-18,20H2,1-6H3/t22-,24+,25+,26-,27+,28+,30+,31-/m1/s1. The third-order valence-electron chi connectivity index (χ3n) is 10.9. The van der Waals surface area contributed by atoms with Gasteiger partial charge in [0.05, 0.1) is 19.4 Å². The van der Waals surface area contributed by atoms with Crippen LogP contribution in [0.3, 0.4) is 0 Å². The summed E-state index contributed by atoms with van der Waals surface area (Å²) in [6.45, 7) is 12.6. The highest BCUT2D eigenvalue weighted by Gasteiger charge is 2.59. The van der Waals surface area contributed by atoms with Crippen LogP contribution in [0.2, 0.25) is 0 Å². The molecule has 192 valence electrons. The lowest BCUT2D eigenvalue weighted by Gasteiger charge is -2.58. The van der Waals surface area contributed by atoms with Gasteiger partial charge in [0, 0.05) is 6.42 Å². The fourth-order valence-electron chi connectivity index (χ4n) is 9.04. The Labute approximate surface area is 209 Å². The van der Waals surface area contributed by atoms with E-state index in [1.54, 1.807) is 11.8 Å². The number of fused-ring (bicyclic) bond motifs is 5. The van der Waals surface area contributed by atoms with Gasteiger partial charge in [-0.05, 0) is 91.3 Å². The molecule has 0 heterocycles. The molecule has 0 aromatic carbocycles. The maximum absolute atomic E-state index is 11.4. The van der Waals surface area contributed by atoms with Gasteiger partial charge in [0.15, 0.2) is 0 Å². The van der Waals surface area contributed by atoms with Crippen molar-refractivity contribution in [2.75, 3.05) is 7.11 Å². The number of hydrogen-bond acceptors (Lipinski definition) is 3. The molecule has 4 aliphatic rings. The average molecular weight is 471 g/mol. The summed E-state index contributed by atoms with van der Waals surface area (Å²) in [4.78, 5) is 11.4. The van der Waals surface area contributed by atoms with Crippen molar-refractivity contribution in [3.63, 3.8) is 0 Å². The van der Waals surface area contributed by atoms with Crippen molar-refractivity contribution >= 4 is 5.97 Å². The summed E-state index contributed by atoms with van der Waals surface area (Å²) in [6, 6.07) is 0. The largest absolute Gasteiger partial charge is 0.497 e. The van der Waals surface area contributed by atoms with Gasteiger partial charge in [0.2, 0.25) is 0 Å². The zero-order chi connectivity index (χ0) is 24.5. The van der Waals surface area contributed by atoms with E-state index in [1.807, 2.05) is 0 Å². The SMILES string of the molecule is COC(=O)C=CO[C@H]1CC[C@@]2(C)C(=CC[C@H]3[C@@H]4CC[C@H]([C@H](C)CCCC(C)C)[C@@]4(C)CC[C@@H]32)C1. The number of carbonyl (C=O) groups is 1. The van der Waals surface area contributed by atoms with Gasteiger partial charge in [-0.2, -0.15) is 0 Å². The molecule has 4 aliphatic carbocycles. The molecule has 8 atom stereocenters. The molecule has 3 heteroatoms. The van der Waals surface area contributed by atoms with Crippen LogP contribution in [0.15, 0.2) is 24.0 Å². The lowest BCUT2D eigenvalue weighted by Crippen LogP contribution is -2.50. The van der Waals surface area contributed by atoms with Crippen LogP contribution < -0.4 is 0 Å². The van der Waals surface area contributed by atoms with Crippen molar-refractivity contribution in [1.82, 2.24) is 0 Å². The van der Waals surface area contributed by atoms with Crippen LogP contribution in [0.1, 0.15) is 105 Å². The number of hydrogen-bond donors (Lipinski definition) is 0. The number of ether oxygens (including phenoxy) is 2. The number of carbonyl (C=O) groups excluding carboxylic acids is 1. The maximum atomic E-state index is 11.4. The molecular weight excluding hydrogens is 420 g/mol. The minimum atomic E-state index is -0.352. The summed E-state index contributed by atoms with van der Waals surface area (Å²) in [7, 11) is 1.40. The summed E-state index contributed by atoms with van der Waals surface area (Å²) in [5.74, 6) is 4.91. The van der Waals surface area contributed by atoms with E-state index in [4.69, 9.17) is 4.74 Å². The highest BCUT2D eigenvalue weighted by atomic mass is 16.5. The second kappa shape index (κ2) is 10.4. The molecule has 0 unspecified atom stereocenters. The van der Waals surface area contributed by atoms with Crippen molar-refractivity contribution in [2.24, 2.45) is 46.3 Å². The van der Waals surface area contributed by atoms with Crippen LogP contribution in [-0.2, 0) is 14.3 Å². The van der Waals surface area contributed by atoms with E-state index in [1.165, 1.54) is 71.0 Å². The van der Waals surface area contributed by atoms with Gasteiger partial charge in [-0.15, -0.1) is 0 Å². The quantitative estimate of drug-likeness (QED) is 0.156. The minimum absolute atomic E-state index is 0.188. The van der Waals surface area contributed by atoms with E-state index in [-0.39, 0.29) is 12.1 Å². The number of rotatable bonds is 8. The Kier molecular flexibility index (Phi) is 7.89. The van der Waals surface area contributed by atoms with Crippen LogP contribution in [0.5, 0.6) is 0 Å². The van der Waals surface area contributed by atoms with Gasteiger partial charge in [0.1, 0.15) is 6.10 Å². The molecule has 0 spiro atoms. The maximum Gasteiger partial charge on any atom is 0.333 e. The minimum Gasteiger partial charge on any atom is -0.497 e. The Balaban J connectivity index is 1.42. The molecule has 3 fully saturated rings. The first-order chi connectivity index (χ1) is 16.2. The Morgan fingerprint density at radius 3 is 2.62 bits per heavy atom. The van der Waals surface area contributed by atoms with Crippen molar-refractivity contribution < 1.29 is 14.3 Å². The number of allylic oxidation sites excluding steroid dienone is 1. The molecule has 0 N–H and O–H groups in total. The molecule has 4 rings (SSSR count). The molecule has 0 aromatic heterocycles. The fraction of sp³-hybridized carbons (Fsp3) is 0.839. The predicted molar refractivity (Wildman–Crippen MR) is 139 cm³/mol. The smallest absolute Gasteiger partial charge is 0.333 e. The Morgan fingerprint density at radius 2 is 1.88 bits per heavy atom. The molecule has 0 aliphatic heterocycles. The van der Waals surface area contributed by atoms with Gasteiger partial charge in [-0.25, -0.2) is 4.79 Å². The van der Waals surface area contributed by atoms with E-state index in [0.717, 1.165) is 48.3 Å². The monoisotopic (exact) mass is 470 g/mol. The highest BCUT2D eigenvalue weighted by molar-refractivity contribution is 5.81. The van der Waals surface area contributed by atoms with Crippen molar-refractivity contribution in [3.05, 3.63) is 24.0 Å². The van der Waals surface area contributed by atoms with Crippen LogP contribution in [0.4, 0.5) is 0 Å². The Hall–Kier alpha value is -1.25. The van der Waals surface area contributed by atoms with Crippen LogP contribution in [-0.4, -0.2) is 19.2 Å². The van der Waals surface area contributed by atoms with Gasteiger partial charge in [0.25, 0.3) is 0 Å². The Morgan fingerprint density at radius 1 is 1.09 bits per heavy atom. The van der Waals surface area contributed by atoms with Gasteiger partial charge >= 0.3 is 5.97 Å². The second-order valence-corrected chi connectivity index (χ2v) is 13.1. The summed E-state index contributed by atoms with van der Waals surface area (Å²) in [5.41, 5.74) is 2.53. The van der Waals surface area contributed by atoms with E-state index in [9.17, 15) is 4.79 Å². The molecule has 3 saturated carbocycles.